The Labute approximate surface area is 156 Å². The molecule has 0 aliphatic heterocycles. The maximum atomic E-state index is 12.1. The number of rotatable bonds is 6. The number of carbonyl (C=O) groups is 1. The summed E-state index contributed by atoms with van der Waals surface area (Å²) in [5.74, 6) is 1.32. The van der Waals surface area contributed by atoms with Crippen molar-refractivity contribution in [3.05, 3.63) is 58.9 Å². The van der Waals surface area contributed by atoms with Crippen LogP contribution in [0.2, 0.25) is 5.02 Å². The number of nitrogens with zero attached hydrogens (tertiary/aromatic N) is 2. The van der Waals surface area contributed by atoms with Gasteiger partial charge in [0.2, 0.25) is 0 Å². The number of anilines is 1. The van der Waals surface area contributed by atoms with Gasteiger partial charge in [0.1, 0.15) is 5.75 Å². The van der Waals surface area contributed by atoms with E-state index in [1.807, 2.05) is 26.0 Å². The van der Waals surface area contributed by atoms with Crippen LogP contribution < -0.4 is 10.1 Å². The predicted molar refractivity (Wildman–Crippen MR) is 99.4 cm³/mol. The summed E-state index contributed by atoms with van der Waals surface area (Å²) < 4.78 is 10.8. The zero-order valence-corrected chi connectivity index (χ0v) is 15.2. The summed E-state index contributed by atoms with van der Waals surface area (Å²) in [6, 6.07) is 12.5. The van der Waals surface area contributed by atoms with Gasteiger partial charge in [-0.15, -0.1) is 0 Å². The number of aryl methyl sites for hydroxylation is 2. The fourth-order valence-electron chi connectivity index (χ4n) is 2.25. The molecule has 0 radical (unpaired) electrons. The van der Waals surface area contributed by atoms with E-state index in [-0.39, 0.29) is 12.5 Å². The topological polar surface area (TPSA) is 77.2 Å². The molecule has 2 aromatic carbocycles. The van der Waals surface area contributed by atoms with Gasteiger partial charge in [-0.1, -0.05) is 35.8 Å². The molecule has 0 saturated carbocycles. The lowest BCUT2D eigenvalue weighted by atomic mass is 10.2. The lowest BCUT2D eigenvalue weighted by Crippen LogP contribution is -2.20. The van der Waals surface area contributed by atoms with Crippen molar-refractivity contribution in [3.63, 3.8) is 0 Å². The maximum absolute atomic E-state index is 12.1. The molecule has 3 aromatic rings. The first kappa shape index (κ1) is 17.9. The highest BCUT2D eigenvalue weighted by Crippen LogP contribution is 2.23. The van der Waals surface area contributed by atoms with Crippen molar-refractivity contribution in [2.75, 3.05) is 11.9 Å². The number of aromatic nitrogens is 2. The van der Waals surface area contributed by atoms with Crippen molar-refractivity contribution in [1.29, 1.82) is 0 Å². The van der Waals surface area contributed by atoms with Crippen molar-refractivity contribution >= 4 is 23.2 Å². The summed E-state index contributed by atoms with van der Waals surface area (Å²) in [7, 11) is 0. The molecule has 0 aliphatic rings. The van der Waals surface area contributed by atoms with E-state index < -0.39 is 0 Å². The van der Waals surface area contributed by atoms with Crippen LogP contribution in [0.25, 0.3) is 11.5 Å². The van der Waals surface area contributed by atoms with E-state index in [0.29, 0.717) is 34.6 Å². The van der Waals surface area contributed by atoms with Gasteiger partial charge in [-0.2, -0.15) is 4.98 Å². The highest BCUT2D eigenvalue weighted by molar-refractivity contribution is 6.31. The molecular weight excluding hydrogens is 354 g/mol. The lowest BCUT2D eigenvalue weighted by molar-refractivity contribution is -0.118. The molecule has 1 heterocycles. The molecule has 0 atom stereocenters. The Hall–Kier alpha value is -2.86. The molecule has 3 rings (SSSR count). The summed E-state index contributed by atoms with van der Waals surface area (Å²) in [6.45, 7) is 3.73. The van der Waals surface area contributed by atoms with E-state index in [4.69, 9.17) is 20.9 Å². The number of benzene rings is 2. The van der Waals surface area contributed by atoms with Crippen LogP contribution in [0.3, 0.4) is 0 Å². The highest BCUT2D eigenvalue weighted by Gasteiger charge is 2.10. The summed E-state index contributed by atoms with van der Waals surface area (Å²) in [4.78, 5) is 16.3. The standard InChI is InChI=1S/C19H18ClN3O3/c1-3-17-22-19(26-23-17)13-5-4-6-15(9-13)25-11-18(24)21-14-8-7-12(2)16(20)10-14/h4-10H,3,11H2,1-2H3,(H,21,24). The van der Waals surface area contributed by atoms with Gasteiger partial charge in [0, 0.05) is 22.7 Å². The van der Waals surface area contributed by atoms with E-state index in [1.165, 1.54) is 0 Å². The van der Waals surface area contributed by atoms with Crippen molar-refractivity contribution in [2.45, 2.75) is 20.3 Å². The van der Waals surface area contributed by atoms with Crippen LogP contribution in [0.4, 0.5) is 5.69 Å². The molecule has 0 unspecified atom stereocenters. The minimum absolute atomic E-state index is 0.126. The zero-order valence-electron chi connectivity index (χ0n) is 14.5. The number of ether oxygens (including phenoxy) is 1. The Morgan fingerprint density at radius 1 is 1.27 bits per heavy atom. The Morgan fingerprint density at radius 2 is 2.12 bits per heavy atom. The number of hydrogen-bond donors (Lipinski definition) is 1. The molecule has 0 aliphatic carbocycles. The Bertz CT molecular complexity index is 924. The van der Waals surface area contributed by atoms with Crippen LogP contribution in [0.5, 0.6) is 5.75 Å². The molecule has 0 saturated heterocycles. The average Bonchev–Trinajstić information content (AvgIpc) is 3.13. The average molecular weight is 372 g/mol. The van der Waals surface area contributed by atoms with Gasteiger partial charge in [0.15, 0.2) is 12.4 Å². The molecule has 7 heteroatoms. The SMILES string of the molecule is CCc1noc(-c2cccc(OCC(=O)Nc3ccc(C)c(Cl)c3)c2)n1. The van der Waals surface area contributed by atoms with Crippen molar-refractivity contribution in [1.82, 2.24) is 10.1 Å². The molecule has 6 nitrogen and oxygen atoms in total. The fourth-order valence-corrected chi connectivity index (χ4v) is 2.43. The van der Waals surface area contributed by atoms with Gasteiger partial charge in [-0.05, 0) is 42.8 Å². The van der Waals surface area contributed by atoms with Gasteiger partial charge < -0.3 is 14.6 Å². The first-order valence-electron chi connectivity index (χ1n) is 8.17. The van der Waals surface area contributed by atoms with E-state index in [1.54, 1.807) is 30.3 Å². The maximum Gasteiger partial charge on any atom is 0.262 e. The van der Waals surface area contributed by atoms with E-state index in [0.717, 1.165) is 11.1 Å². The normalized spacial score (nSPS) is 10.6. The van der Waals surface area contributed by atoms with Crippen LogP contribution in [-0.2, 0) is 11.2 Å². The molecule has 1 aromatic heterocycles. The second kappa shape index (κ2) is 8.01. The quantitative estimate of drug-likeness (QED) is 0.699. The Morgan fingerprint density at radius 3 is 2.85 bits per heavy atom. The summed E-state index contributed by atoms with van der Waals surface area (Å²) in [6.07, 6.45) is 0.697. The third kappa shape index (κ3) is 4.40. The van der Waals surface area contributed by atoms with Crippen LogP contribution in [0.15, 0.2) is 47.0 Å². The number of halogens is 1. The van der Waals surface area contributed by atoms with Crippen molar-refractivity contribution in [2.24, 2.45) is 0 Å². The van der Waals surface area contributed by atoms with Gasteiger partial charge in [-0.3, -0.25) is 4.79 Å². The second-order valence-electron chi connectivity index (χ2n) is 5.70. The van der Waals surface area contributed by atoms with Gasteiger partial charge in [0.25, 0.3) is 11.8 Å². The number of hydrogen-bond acceptors (Lipinski definition) is 5. The zero-order chi connectivity index (χ0) is 18.5. The first-order chi connectivity index (χ1) is 12.5. The molecule has 134 valence electrons. The van der Waals surface area contributed by atoms with E-state index in [9.17, 15) is 4.79 Å². The number of amides is 1. The third-order valence-electron chi connectivity index (χ3n) is 3.69. The Kier molecular flexibility index (Phi) is 5.53. The molecule has 0 bridgehead atoms. The molecule has 0 spiro atoms. The summed E-state index contributed by atoms with van der Waals surface area (Å²) in [5.41, 5.74) is 2.31. The number of carbonyl (C=O) groups excluding carboxylic acids is 1. The first-order valence-corrected chi connectivity index (χ1v) is 8.55. The van der Waals surface area contributed by atoms with Gasteiger partial charge in [0.05, 0.1) is 0 Å². The fraction of sp³-hybridized carbons (Fsp3) is 0.211. The summed E-state index contributed by atoms with van der Waals surface area (Å²) >= 11 is 6.06. The van der Waals surface area contributed by atoms with Crippen LogP contribution in [0.1, 0.15) is 18.3 Å². The number of nitrogens with one attached hydrogen (secondary N) is 1. The minimum Gasteiger partial charge on any atom is -0.484 e. The Balaban J connectivity index is 1.61. The van der Waals surface area contributed by atoms with Crippen LogP contribution >= 0.6 is 11.6 Å². The second-order valence-corrected chi connectivity index (χ2v) is 6.11. The van der Waals surface area contributed by atoms with Crippen LogP contribution in [0, 0.1) is 6.92 Å². The third-order valence-corrected chi connectivity index (χ3v) is 4.10. The van der Waals surface area contributed by atoms with E-state index >= 15 is 0 Å². The minimum atomic E-state index is -0.276. The van der Waals surface area contributed by atoms with Gasteiger partial charge in [-0.25, -0.2) is 0 Å². The molecule has 26 heavy (non-hydrogen) atoms. The monoisotopic (exact) mass is 371 g/mol. The molecule has 0 fully saturated rings. The highest BCUT2D eigenvalue weighted by atomic mass is 35.5. The van der Waals surface area contributed by atoms with E-state index in [2.05, 4.69) is 15.5 Å². The smallest absolute Gasteiger partial charge is 0.262 e. The van der Waals surface area contributed by atoms with Crippen molar-refractivity contribution < 1.29 is 14.1 Å². The van der Waals surface area contributed by atoms with Crippen LogP contribution in [-0.4, -0.2) is 22.7 Å². The lowest BCUT2D eigenvalue weighted by Gasteiger charge is -2.09. The predicted octanol–water partition coefficient (Wildman–Crippen LogP) is 4.28. The molecule has 1 amide bonds. The largest absolute Gasteiger partial charge is 0.484 e. The molecule has 1 N–H and O–H groups in total. The molecular formula is C19H18ClN3O3. The van der Waals surface area contributed by atoms with Crippen molar-refractivity contribution in [3.8, 4) is 17.2 Å². The summed E-state index contributed by atoms with van der Waals surface area (Å²) in [5, 5.41) is 7.22. The van der Waals surface area contributed by atoms with Gasteiger partial charge >= 0.3 is 0 Å².